The van der Waals surface area contributed by atoms with E-state index < -0.39 is 0 Å². The molecule has 23 heavy (non-hydrogen) atoms. The number of nitrogens with zero attached hydrogens (tertiary/aromatic N) is 1. The van der Waals surface area contributed by atoms with E-state index in [0.29, 0.717) is 22.5 Å². The summed E-state index contributed by atoms with van der Waals surface area (Å²) >= 11 is 4.96. The Hall–Kier alpha value is -2.40. The van der Waals surface area contributed by atoms with Crippen molar-refractivity contribution in [3.05, 3.63) is 64.0 Å². The zero-order valence-electron chi connectivity index (χ0n) is 13.1. The highest BCUT2D eigenvalue weighted by Crippen LogP contribution is 2.17. The summed E-state index contributed by atoms with van der Waals surface area (Å²) < 4.78 is 5.37. The molecule has 1 aromatic heterocycles. The molecule has 0 atom stereocenters. The minimum atomic E-state index is -0.0474. The third kappa shape index (κ3) is 3.35. The van der Waals surface area contributed by atoms with Gasteiger partial charge >= 0.3 is 0 Å². The molecule has 5 heteroatoms. The number of carbonyl (C=O) groups excluding carboxylic acids is 1. The van der Waals surface area contributed by atoms with Gasteiger partial charge in [-0.15, -0.1) is 0 Å². The number of H-pyrrole nitrogens is 1. The molecule has 0 spiro atoms. The van der Waals surface area contributed by atoms with Gasteiger partial charge in [0.2, 0.25) is 0 Å². The van der Waals surface area contributed by atoms with E-state index in [9.17, 15) is 4.79 Å². The fourth-order valence-corrected chi connectivity index (χ4v) is 2.72. The Bertz CT molecular complexity index is 893. The van der Waals surface area contributed by atoms with Crippen LogP contribution in [-0.4, -0.2) is 22.8 Å². The molecule has 0 radical (unpaired) electrons. The van der Waals surface area contributed by atoms with Gasteiger partial charge in [-0.3, -0.25) is 4.79 Å². The number of hydrogen-bond acceptors (Lipinski definition) is 3. The molecule has 3 rings (SSSR count). The second kappa shape index (κ2) is 6.38. The molecule has 0 saturated heterocycles. The smallest absolute Gasteiger partial charge is 0.266 e. The Labute approximate surface area is 139 Å². The van der Waals surface area contributed by atoms with Gasteiger partial charge in [-0.25, -0.2) is 0 Å². The van der Waals surface area contributed by atoms with Crippen LogP contribution in [0.25, 0.3) is 11.1 Å². The average molecular weight is 326 g/mol. The van der Waals surface area contributed by atoms with Gasteiger partial charge in [0.1, 0.15) is 0 Å². The molecular weight excluding hydrogens is 308 g/mol. The van der Waals surface area contributed by atoms with Gasteiger partial charge in [0.15, 0.2) is 5.58 Å². The molecule has 0 aliphatic heterocycles. The molecule has 0 unspecified atom stereocenters. The standard InChI is InChI=1S/C18H18N2O2S/c1-3-12-4-6-13(7-5-12)11-20(2)17(21)14-8-9-15-16(10-14)22-18(23)19-15/h4-10H,3,11H2,1-2H3,(H,19,23). The quantitative estimate of drug-likeness (QED) is 0.726. The molecule has 0 fully saturated rings. The number of aromatic amines is 1. The molecule has 4 nitrogen and oxygen atoms in total. The molecule has 0 bridgehead atoms. The summed E-state index contributed by atoms with van der Waals surface area (Å²) in [5.74, 6) is -0.0474. The van der Waals surface area contributed by atoms with Crippen molar-refractivity contribution < 1.29 is 9.21 Å². The molecule has 2 aromatic carbocycles. The summed E-state index contributed by atoms with van der Waals surface area (Å²) in [5, 5.41) is 0. The lowest BCUT2D eigenvalue weighted by molar-refractivity contribution is 0.0785. The maximum Gasteiger partial charge on any atom is 0.266 e. The van der Waals surface area contributed by atoms with Crippen molar-refractivity contribution in [2.24, 2.45) is 0 Å². The Balaban J connectivity index is 1.78. The van der Waals surface area contributed by atoms with Gasteiger partial charge in [-0.05, 0) is 48.0 Å². The van der Waals surface area contributed by atoms with Gasteiger partial charge < -0.3 is 14.3 Å². The third-order valence-corrected chi connectivity index (χ3v) is 4.05. The number of fused-ring (bicyclic) bond motifs is 1. The van der Waals surface area contributed by atoms with Crippen molar-refractivity contribution in [2.45, 2.75) is 19.9 Å². The first-order chi connectivity index (χ1) is 11.1. The van der Waals surface area contributed by atoms with Crippen LogP contribution in [0.4, 0.5) is 0 Å². The highest BCUT2D eigenvalue weighted by molar-refractivity contribution is 7.71. The third-order valence-electron chi connectivity index (χ3n) is 3.87. The number of oxazole rings is 1. The molecule has 118 valence electrons. The molecule has 1 N–H and O–H groups in total. The fraction of sp³-hybridized carbons (Fsp3) is 0.222. The minimum Gasteiger partial charge on any atom is -0.429 e. The first-order valence-electron chi connectivity index (χ1n) is 7.53. The van der Waals surface area contributed by atoms with Crippen LogP contribution >= 0.6 is 12.2 Å². The predicted molar refractivity (Wildman–Crippen MR) is 93.0 cm³/mol. The zero-order chi connectivity index (χ0) is 16.4. The highest BCUT2D eigenvalue weighted by Gasteiger charge is 2.13. The van der Waals surface area contributed by atoms with Gasteiger partial charge in [0.25, 0.3) is 10.7 Å². The summed E-state index contributed by atoms with van der Waals surface area (Å²) in [7, 11) is 1.80. The van der Waals surface area contributed by atoms with Crippen molar-refractivity contribution >= 4 is 29.2 Å². The van der Waals surface area contributed by atoms with Gasteiger partial charge in [0, 0.05) is 19.2 Å². The van der Waals surface area contributed by atoms with Crippen molar-refractivity contribution in [3.63, 3.8) is 0 Å². The monoisotopic (exact) mass is 326 g/mol. The first kappa shape index (κ1) is 15.5. The van der Waals surface area contributed by atoms with Crippen molar-refractivity contribution in [3.8, 4) is 0 Å². The van der Waals surface area contributed by atoms with Crippen LogP contribution in [0, 0.1) is 4.84 Å². The van der Waals surface area contributed by atoms with E-state index in [1.54, 1.807) is 24.1 Å². The molecule has 0 saturated carbocycles. The Morgan fingerprint density at radius 3 is 2.57 bits per heavy atom. The van der Waals surface area contributed by atoms with E-state index in [-0.39, 0.29) is 5.91 Å². The normalized spacial score (nSPS) is 10.9. The maximum absolute atomic E-state index is 12.6. The van der Waals surface area contributed by atoms with Crippen LogP contribution in [0.15, 0.2) is 46.9 Å². The van der Waals surface area contributed by atoms with Crippen molar-refractivity contribution in [2.75, 3.05) is 7.05 Å². The van der Waals surface area contributed by atoms with Gasteiger partial charge in [-0.1, -0.05) is 31.2 Å². The first-order valence-corrected chi connectivity index (χ1v) is 7.94. The summed E-state index contributed by atoms with van der Waals surface area (Å²) in [6.45, 7) is 2.69. The van der Waals surface area contributed by atoms with E-state index in [4.69, 9.17) is 16.6 Å². The van der Waals surface area contributed by atoms with E-state index in [0.717, 1.165) is 17.5 Å². The Morgan fingerprint density at radius 1 is 1.17 bits per heavy atom. The van der Waals surface area contributed by atoms with Gasteiger partial charge in [0.05, 0.1) is 5.52 Å². The number of benzene rings is 2. The second-order valence-electron chi connectivity index (χ2n) is 5.56. The molecule has 0 aliphatic carbocycles. The van der Waals surface area contributed by atoms with E-state index >= 15 is 0 Å². The lowest BCUT2D eigenvalue weighted by Gasteiger charge is -2.17. The lowest BCUT2D eigenvalue weighted by Crippen LogP contribution is -2.26. The topological polar surface area (TPSA) is 49.2 Å². The van der Waals surface area contributed by atoms with E-state index in [1.807, 2.05) is 6.07 Å². The summed E-state index contributed by atoms with van der Waals surface area (Å²) in [4.78, 5) is 17.5. The van der Waals surface area contributed by atoms with Crippen LogP contribution < -0.4 is 0 Å². The number of amides is 1. The van der Waals surface area contributed by atoms with Crippen LogP contribution in [0.2, 0.25) is 0 Å². The van der Waals surface area contributed by atoms with Crippen LogP contribution in [-0.2, 0) is 13.0 Å². The SMILES string of the molecule is CCc1ccc(CN(C)C(=O)c2ccc3[nH]c(=S)oc3c2)cc1. The number of carbonyl (C=O) groups is 1. The number of nitrogens with one attached hydrogen (secondary N) is 1. The maximum atomic E-state index is 12.6. The zero-order valence-corrected chi connectivity index (χ0v) is 13.9. The predicted octanol–water partition coefficient (Wildman–Crippen LogP) is 4.32. The van der Waals surface area contributed by atoms with E-state index in [2.05, 4.69) is 36.2 Å². The number of aryl methyl sites for hydroxylation is 1. The molecule has 3 aromatic rings. The van der Waals surface area contributed by atoms with Crippen LogP contribution in [0.5, 0.6) is 0 Å². The molecule has 1 heterocycles. The summed E-state index contributed by atoms with van der Waals surface area (Å²) in [6, 6.07) is 13.6. The largest absolute Gasteiger partial charge is 0.429 e. The Kier molecular flexibility index (Phi) is 4.30. The Morgan fingerprint density at radius 2 is 1.87 bits per heavy atom. The molecule has 1 amide bonds. The number of hydrogen-bond donors (Lipinski definition) is 1. The molecular formula is C18H18N2O2S. The van der Waals surface area contributed by atoms with Crippen molar-refractivity contribution in [1.82, 2.24) is 9.88 Å². The molecule has 0 aliphatic rings. The lowest BCUT2D eigenvalue weighted by atomic mass is 10.1. The number of rotatable bonds is 4. The second-order valence-corrected chi connectivity index (χ2v) is 5.93. The van der Waals surface area contributed by atoms with Crippen LogP contribution in [0.3, 0.4) is 0 Å². The van der Waals surface area contributed by atoms with Crippen LogP contribution in [0.1, 0.15) is 28.4 Å². The highest BCUT2D eigenvalue weighted by atomic mass is 32.1. The summed E-state index contributed by atoms with van der Waals surface area (Å²) in [6.07, 6.45) is 1.01. The average Bonchev–Trinajstić information content (AvgIpc) is 2.93. The fourth-order valence-electron chi connectivity index (χ4n) is 2.52. The number of aromatic nitrogens is 1. The summed E-state index contributed by atoms with van der Waals surface area (Å²) in [5.41, 5.74) is 4.38. The minimum absolute atomic E-state index is 0.0474. The van der Waals surface area contributed by atoms with Crippen molar-refractivity contribution in [1.29, 1.82) is 0 Å². The van der Waals surface area contributed by atoms with Gasteiger partial charge in [-0.2, -0.15) is 0 Å². The van der Waals surface area contributed by atoms with E-state index in [1.165, 1.54) is 5.56 Å².